The fraction of sp³-hybridized carbons (Fsp3) is 0.0164. The summed E-state index contributed by atoms with van der Waals surface area (Å²) in [6.45, 7) is 1.99. The van der Waals surface area contributed by atoms with E-state index in [4.69, 9.17) is 9.97 Å². The number of nitrogens with zero attached hydrogens (tertiary/aromatic N) is 6. The van der Waals surface area contributed by atoms with Crippen LogP contribution >= 0.6 is 0 Å². The second kappa shape index (κ2) is 16.0. The second-order valence-electron chi connectivity index (χ2n) is 16.9. The molecule has 12 rings (SSSR count). The lowest BCUT2D eigenvalue weighted by molar-refractivity contribution is 1.09. The first-order valence-electron chi connectivity index (χ1n) is 22.3. The maximum atomic E-state index is 11.1. The zero-order valence-electron chi connectivity index (χ0n) is 36.4. The quantitative estimate of drug-likeness (QED) is 0.160. The maximum absolute atomic E-state index is 11.1. The van der Waals surface area contributed by atoms with Crippen LogP contribution in [0.15, 0.2) is 212 Å². The first-order chi connectivity index (χ1) is 33.0. The molecule has 4 heterocycles. The Hall–Kier alpha value is -9.36. The van der Waals surface area contributed by atoms with Crippen LogP contribution in [0.3, 0.4) is 0 Å². The minimum absolute atomic E-state index is 0.496. The molecule has 312 valence electrons. The van der Waals surface area contributed by atoms with Gasteiger partial charge in [0.25, 0.3) is 0 Å². The van der Waals surface area contributed by atoms with Crippen molar-refractivity contribution in [2.45, 2.75) is 6.92 Å². The largest absolute Gasteiger partial charge is 0.307 e. The molecule has 0 aliphatic rings. The molecular formula is C61H38N6. The molecule has 4 aromatic heterocycles. The number of rotatable bonds is 7. The van der Waals surface area contributed by atoms with Crippen molar-refractivity contribution in [1.29, 1.82) is 10.5 Å². The predicted octanol–water partition coefficient (Wildman–Crippen LogP) is 15.1. The molecule has 8 aromatic carbocycles. The van der Waals surface area contributed by atoms with Crippen molar-refractivity contribution in [2.24, 2.45) is 0 Å². The molecule has 6 nitrogen and oxygen atoms in total. The van der Waals surface area contributed by atoms with Crippen LogP contribution in [0, 0.1) is 29.6 Å². The molecule has 0 amide bonds. The van der Waals surface area contributed by atoms with E-state index in [1.165, 1.54) is 0 Å². The molecule has 67 heavy (non-hydrogen) atoms. The number of para-hydroxylation sites is 2. The Morgan fingerprint density at radius 3 is 1.33 bits per heavy atom. The van der Waals surface area contributed by atoms with E-state index in [-0.39, 0.29) is 0 Å². The van der Waals surface area contributed by atoms with Gasteiger partial charge >= 0.3 is 0 Å². The molecule has 0 aliphatic carbocycles. The average Bonchev–Trinajstić information content (AvgIpc) is 3.90. The molecule has 0 saturated carbocycles. The summed E-state index contributed by atoms with van der Waals surface area (Å²) in [5.41, 5.74) is 16.8. The predicted molar refractivity (Wildman–Crippen MR) is 272 cm³/mol. The van der Waals surface area contributed by atoms with Gasteiger partial charge in [0, 0.05) is 49.4 Å². The maximum Gasteiger partial charge on any atom is 0.0998 e. The zero-order valence-corrected chi connectivity index (χ0v) is 36.4. The molecule has 0 N–H and O–H groups in total. The molecule has 0 unspecified atom stereocenters. The molecule has 0 radical (unpaired) electrons. The number of nitriles is 2. The summed E-state index contributed by atoms with van der Waals surface area (Å²) in [6, 6.07) is 77.9. The third kappa shape index (κ3) is 6.72. The minimum atomic E-state index is 0.496. The van der Waals surface area contributed by atoms with Gasteiger partial charge in [-0.25, -0.2) is 9.97 Å². The van der Waals surface area contributed by atoms with Gasteiger partial charge in [0.2, 0.25) is 0 Å². The van der Waals surface area contributed by atoms with Gasteiger partial charge in [-0.05, 0) is 90.8 Å². The Bertz CT molecular complexity index is 4010. The molecule has 0 spiro atoms. The van der Waals surface area contributed by atoms with Crippen LogP contribution in [-0.2, 0) is 0 Å². The Labute approximate surface area is 387 Å². The molecule has 0 bridgehead atoms. The molecule has 0 atom stereocenters. The van der Waals surface area contributed by atoms with Crippen molar-refractivity contribution < 1.29 is 0 Å². The Balaban J connectivity index is 1.16. The lowest BCUT2D eigenvalue weighted by Crippen LogP contribution is -2.06. The van der Waals surface area contributed by atoms with Gasteiger partial charge in [-0.15, -0.1) is 0 Å². The summed E-state index contributed by atoms with van der Waals surface area (Å²) in [7, 11) is 0. The molecular weight excluding hydrogens is 817 g/mol. The standard InChI is InChI=1S/C61H38N6/c1-39-30-40(37-62)32-45(31-39)51-36-61(67-57-25-11-9-19-48(57)50-29-27-44(34-59(50)67)55-23-13-21-53(65-55)42-16-6-3-7-17-42)60(35-46(51)38-63)66-56-24-10-8-18-47(56)49-28-26-43(33-58(49)66)54-22-12-20-52(64-54)41-14-4-2-5-15-41/h2-36H,1H3. The van der Waals surface area contributed by atoms with E-state index in [0.717, 1.165) is 117 Å². The second-order valence-corrected chi connectivity index (χ2v) is 16.9. The summed E-state index contributed by atoms with van der Waals surface area (Å²) >= 11 is 0. The number of fused-ring (bicyclic) bond motifs is 6. The van der Waals surface area contributed by atoms with Crippen LogP contribution in [-0.4, -0.2) is 19.1 Å². The minimum Gasteiger partial charge on any atom is -0.307 e. The number of benzene rings is 8. The van der Waals surface area contributed by atoms with Crippen molar-refractivity contribution in [3.05, 3.63) is 229 Å². The van der Waals surface area contributed by atoms with E-state index in [1.807, 2.05) is 67.6 Å². The molecule has 0 aliphatic heterocycles. The smallest absolute Gasteiger partial charge is 0.0998 e. The molecule has 6 heteroatoms. The molecule has 0 saturated heterocycles. The van der Waals surface area contributed by atoms with Crippen LogP contribution in [0.2, 0.25) is 0 Å². The lowest BCUT2D eigenvalue weighted by atomic mass is 9.95. The van der Waals surface area contributed by atoms with Crippen molar-refractivity contribution in [2.75, 3.05) is 0 Å². The van der Waals surface area contributed by atoms with Crippen LogP contribution in [0.25, 0.3) is 111 Å². The van der Waals surface area contributed by atoms with Crippen molar-refractivity contribution in [3.8, 4) is 79.7 Å². The lowest BCUT2D eigenvalue weighted by Gasteiger charge is -2.20. The highest BCUT2D eigenvalue weighted by Gasteiger charge is 2.23. The third-order valence-corrected chi connectivity index (χ3v) is 12.8. The van der Waals surface area contributed by atoms with E-state index in [9.17, 15) is 10.5 Å². The van der Waals surface area contributed by atoms with Crippen molar-refractivity contribution in [1.82, 2.24) is 19.1 Å². The van der Waals surface area contributed by atoms with Crippen molar-refractivity contribution >= 4 is 43.6 Å². The van der Waals surface area contributed by atoms with Crippen LogP contribution < -0.4 is 0 Å². The molecule has 12 aromatic rings. The van der Waals surface area contributed by atoms with Crippen LogP contribution in [0.4, 0.5) is 0 Å². The van der Waals surface area contributed by atoms with Gasteiger partial charge < -0.3 is 9.13 Å². The number of pyridine rings is 2. The van der Waals surface area contributed by atoms with Gasteiger partial charge in [-0.3, -0.25) is 0 Å². The number of aromatic nitrogens is 4. The Morgan fingerprint density at radius 1 is 0.358 bits per heavy atom. The Morgan fingerprint density at radius 2 is 0.821 bits per heavy atom. The highest BCUT2D eigenvalue weighted by atomic mass is 15.1. The van der Waals surface area contributed by atoms with E-state index >= 15 is 0 Å². The summed E-state index contributed by atoms with van der Waals surface area (Å²) < 4.78 is 4.65. The summed E-state index contributed by atoms with van der Waals surface area (Å²) in [6.07, 6.45) is 0. The Kier molecular flexibility index (Phi) is 9.38. The first kappa shape index (κ1) is 39.2. The SMILES string of the molecule is Cc1cc(C#N)cc(-c2cc(-n3c4ccccc4c4ccc(-c5cccc(-c6ccccc6)n5)cc43)c(-n3c4ccccc4c4ccc(-c5cccc(-c6ccccc6)n5)cc43)cc2C#N)c1. The van der Waals surface area contributed by atoms with Gasteiger partial charge in [0.15, 0.2) is 0 Å². The highest BCUT2D eigenvalue weighted by Crippen LogP contribution is 2.43. The summed E-state index contributed by atoms with van der Waals surface area (Å²) in [5.74, 6) is 0. The first-order valence-corrected chi connectivity index (χ1v) is 22.3. The van der Waals surface area contributed by atoms with Crippen LogP contribution in [0.1, 0.15) is 16.7 Å². The van der Waals surface area contributed by atoms with Gasteiger partial charge in [-0.2, -0.15) is 10.5 Å². The topological polar surface area (TPSA) is 83.2 Å². The summed E-state index contributed by atoms with van der Waals surface area (Å²) in [4.78, 5) is 10.3. The number of hydrogen-bond acceptors (Lipinski definition) is 4. The zero-order chi connectivity index (χ0) is 45.0. The van der Waals surface area contributed by atoms with Gasteiger partial charge in [0.1, 0.15) is 0 Å². The summed E-state index contributed by atoms with van der Waals surface area (Å²) in [5, 5.41) is 25.6. The van der Waals surface area contributed by atoms with Gasteiger partial charge in [0.05, 0.1) is 79.5 Å². The monoisotopic (exact) mass is 854 g/mol. The number of aryl methyl sites for hydroxylation is 1. The van der Waals surface area contributed by atoms with E-state index in [0.29, 0.717) is 11.1 Å². The third-order valence-electron chi connectivity index (χ3n) is 12.8. The van der Waals surface area contributed by atoms with E-state index in [1.54, 1.807) is 0 Å². The fourth-order valence-corrected chi connectivity index (χ4v) is 9.78. The van der Waals surface area contributed by atoms with Crippen molar-refractivity contribution in [3.63, 3.8) is 0 Å². The van der Waals surface area contributed by atoms with Gasteiger partial charge in [-0.1, -0.05) is 140 Å². The fourth-order valence-electron chi connectivity index (χ4n) is 9.78. The average molecular weight is 855 g/mol. The van der Waals surface area contributed by atoms with E-state index in [2.05, 4.69) is 173 Å². The highest BCUT2D eigenvalue weighted by molar-refractivity contribution is 6.13. The van der Waals surface area contributed by atoms with Crippen LogP contribution in [0.5, 0.6) is 0 Å². The van der Waals surface area contributed by atoms with E-state index < -0.39 is 0 Å². The number of hydrogen-bond donors (Lipinski definition) is 0. The molecule has 0 fully saturated rings. The normalized spacial score (nSPS) is 11.3.